The van der Waals surface area contributed by atoms with Gasteiger partial charge in [0.05, 0.1) is 11.7 Å². The minimum Gasteiger partial charge on any atom is -0.324 e. The van der Waals surface area contributed by atoms with E-state index < -0.39 is 0 Å². The van der Waals surface area contributed by atoms with Crippen molar-refractivity contribution in [2.75, 3.05) is 18.4 Å². The van der Waals surface area contributed by atoms with Crippen molar-refractivity contribution in [3.63, 3.8) is 0 Å². The number of carbonyl (C=O) groups excluding carboxylic acids is 2. The number of hydrogen-bond donors (Lipinski definition) is 1. The van der Waals surface area contributed by atoms with Crippen LogP contribution in [0.1, 0.15) is 30.1 Å². The van der Waals surface area contributed by atoms with Gasteiger partial charge in [0.25, 0.3) is 0 Å². The quantitative estimate of drug-likeness (QED) is 0.826. The average Bonchev–Trinajstić information content (AvgIpc) is 2.87. The lowest BCUT2D eigenvalue weighted by Gasteiger charge is -2.22. The standard InChI is InChI=1S/C14H18N2O2/c1-2-16-9-5-8-13(16)14(18)15-12-7-4-3-6-11(12)10-17/h3-4,6-7,10,13H,2,5,8-9H2,1H3,(H,15,18). The van der Waals surface area contributed by atoms with Crippen LogP contribution in [-0.4, -0.2) is 36.2 Å². The molecule has 18 heavy (non-hydrogen) atoms. The molecule has 1 unspecified atom stereocenters. The lowest BCUT2D eigenvalue weighted by Crippen LogP contribution is -2.39. The number of nitrogens with zero attached hydrogens (tertiary/aromatic N) is 1. The normalized spacial score (nSPS) is 19.7. The minimum absolute atomic E-state index is 0.0105. The highest BCUT2D eigenvalue weighted by Gasteiger charge is 2.29. The van der Waals surface area contributed by atoms with Crippen LogP contribution in [0.4, 0.5) is 5.69 Å². The Hall–Kier alpha value is -1.68. The summed E-state index contributed by atoms with van der Waals surface area (Å²) in [5.74, 6) is -0.0105. The molecule has 1 saturated heterocycles. The monoisotopic (exact) mass is 246 g/mol. The van der Waals surface area contributed by atoms with Crippen LogP contribution < -0.4 is 5.32 Å². The fourth-order valence-electron chi connectivity index (χ4n) is 2.43. The summed E-state index contributed by atoms with van der Waals surface area (Å²) in [7, 11) is 0. The first-order chi connectivity index (χ1) is 8.76. The summed E-state index contributed by atoms with van der Waals surface area (Å²) in [6, 6.07) is 7.00. The third-order valence-corrected chi connectivity index (χ3v) is 3.42. The number of benzene rings is 1. The molecule has 96 valence electrons. The molecular weight excluding hydrogens is 228 g/mol. The van der Waals surface area contributed by atoms with Crippen molar-refractivity contribution in [3.05, 3.63) is 29.8 Å². The highest BCUT2D eigenvalue weighted by atomic mass is 16.2. The summed E-state index contributed by atoms with van der Waals surface area (Å²) in [6.07, 6.45) is 2.71. The number of anilines is 1. The number of likely N-dealkylation sites (tertiary alicyclic amines) is 1. The predicted octanol–water partition coefficient (Wildman–Crippen LogP) is 1.92. The van der Waals surface area contributed by atoms with Gasteiger partial charge in [-0.1, -0.05) is 19.1 Å². The van der Waals surface area contributed by atoms with Gasteiger partial charge in [-0.05, 0) is 38.1 Å². The maximum atomic E-state index is 12.2. The molecular formula is C14H18N2O2. The van der Waals surface area contributed by atoms with Crippen molar-refractivity contribution in [1.82, 2.24) is 4.90 Å². The Morgan fingerprint density at radius 2 is 2.28 bits per heavy atom. The molecule has 2 rings (SSSR count). The maximum Gasteiger partial charge on any atom is 0.241 e. The summed E-state index contributed by atoms with van der Waals surface area (Å²) >= 11 is 0. The van der Waals surface area contributed by atoms with Gasteiger partial charge in [0.1, 0.15) is 0 Å². The Morgan fingerprint density at radius 3 is 3.00 bits per heavy atom. The zero-order valence-electron chi connectivity index (χ0n) is 10.6. The first-order valence-corrected chi connectivity index (χ1v) is 6.35. The minimum atomic E-state index is -0.0605. The van der Waals surface area contributed by atoms with Crippen LogP contribution in [-0.2, 0) is 4.79 Å². The second-order valence-corrected chi connectivity index (χ2v) is 4.48. The van der Waals surface area contributed by atoms with E-state index in [4.69, 9.17) is 0 Å². The number of amides is 1. The highest BCUT2D eigenvalue weighted by molar-refractivity contribution is 5.99. The zero-order valence-corrected chi connectivity index (χ0v) is 10.6. The van der Waals surface area contributed by atoms with E-state index in [0.29, 0.717) is 11.3 Å². The number of likely N-dealkylation sites (N-methyl/N-ethyl adjacent to an activating group) is 1. The van der Waals surface area contributed by atoms with Crippen molar-refractivity contribution in [1.29, 1.82) is 0 Å². The topological polar surface area (TPSA) is 49.4 Å². The molecule has 1 aromatic carbocycles. The van der Waals surface area contributed by atoms with Crippen LogP contribution in [0.25, 0.3) is 0 Å². The first kappa shape index (κ1) is 12.8. The molecule has 1 amide bonds. The predicted molar refractivity (Wildman–Crippen MR) is 70.7 cm³/mol. The Labute approximate surface area is 107 Å². The number of carbonyl (C=O) groups is 2. The second kappa shape index (κ2) is 5.78. The number of aldehydes is 1. The van der Waals surface area contributed by atoms with Gasteiger partial charge in [-0.3, -0.25) is 14.5 Å². The maximum absolute atomic E-state index is 12.2. The average molecular weight is 246 g/mol. The van der Waals surface area contributed by atoms with Gasteiger partial charge in [0.2, 0.25) is 5.91 Å². The fourth-order valence-corrected chi connectivity index (χ4v) is 2.43. The summed E-state index contributed by atoms with van der Waals surface area (Å²) < 4.78 is 0. The molecule has 1 heterocycles. The van der Waals surface area contributed by atoms with Crippen molar-refractivity contribution >= 4 is 17.9 Å². The molecule has 0 saturated carbocycles. The van der Waals surface area contributed by atoms with Crippen LogP contribution in [0.5, 0.6) is 0 Å². The van der Waals surface area contributed by atoms with Gasteiger partial charge in [-0.25, -0.2) is 0 Å². The Bertz CT molecular complexity index is 445. The third kappa shape index (κ3) is 2.59. The molecule has 4 heteroatoms. The van der Waals surface area contributed by atoms with Crippen LogP contribution in [0.15, 0.2) is 24.3 Å². The summed E-state index contributed by atoms with van der Waals surface area (Å²) in [5, 5.41) is 2.86. The van der Waals surface area contributed by atoms with Gasteiger partial charge < -0.3 is 5.32 Å². The van der Waals surface area contributed by atoms with Crippen molar-refractivity contribution in [2.45, 2.75) is 25.8 Å². The van der Waals surface area contributed by atoms with E-state index in [2.05, 4.69) is 17.1 Å². The number of hydrogen-bond acceptors (Lipinski definition) is 3. The molecule has 0 bridgehead atoms. The van der Waals surface area contributed by atoms with Crippen LogP contribution in [0.3, 0.4) is 0 Å². The number of rotatable bonds is 4. The van der Waals surface area contributed by atoms with E-state index in [1.54, 1.807) is 18.2 Å². The van der Waals surface area contributed by atoms with Gasteiger partial charge in [-0.15, -0.1) is 0 Å². The van der Waals surface area contributed by atoms with E-state index in [1.807, 2.05) is 6.07 Å². The summed E-state index contributed by atoms with van der Waals surface area (Å²) in [4.78, 5) is 25.2. The van der Waals surface area contributed by atoms with Crippen molar-refractivity contribution < 1.29 is 9.59 Å². The van der Waals surface area contributed by atoms with Crippen LogP contribution in [0, 0.1) is 0 Å². The molecule has 1 N–H and O–H groups in total. The smallest absolute Gasteiger partial charge is 0.241 e. The zero-order chi connectivity index (χ0) is 13.0. The molecule has 1 fully saturated rings. The molecule has 0 aliphatic carbocycles. The van der Waals surface area contributed by atoms with Gasteiger partial charge in [0.15, 0.2) is 6.29 Å². The highest BCUT2D eigenvalue weighted by Crippen LogP contribution is 2.19. The van der Waals surface area contributed by atoms with E-state index in [9.17, 15) is 9.59 Å². The lowest BCUT2D eigenvalue weighted by molar-refractivity contribution is -0.120. The molecule has 1 aliphatic heterocycles. The third-order valence-electron chi connectivity index (χ3n) is 3.42. The van der Waals surface area contributed by atoms with Crippen molar-refractivity contribution in [3.8, 4) is 0 Å². The largest absolute Gasteiger partial charge is 0.324 e. The first-order valence-electron chi connectivity index (χ1n) is 6.35. The summed E-state index contributed by atoms with van der Waals surface area (Å²) in [5.41, 5.74) is 1.12. The van der Waals surface area contributed by atoms with E-state index >= 15 is 0 Å². The molecule has 0 aromatic heterocycles. The van der Waals surface area contributed by atoms with Gasteiger partial charge in [0, 0.05) is 5.56 Å². The summed E-state index contributed by atoms with van der Waals surface area (Å²) in [6.45, 7) is 3.92. The number of para-hydroxylation sites is 1. The Kier molecular flexibility index (Phi) is 4.10. The molecule has 0 spiro atoms. The molecule has 1 aliphatic rings. The Morgan fingerprint density at radius 1 is 1.50 bits per heavy atom. The lowest BCUT2D eigenvalue weighted by atomic mass is 10.1. The van der Waals surface area contributed by atoms with Crippen LogP contribution >= 0.6 is 0 Å². The van der Waals surface area contributed by atoms with Gasteiger partial charge >= 0.3 is 0 Å². The van der Waals surface area contributed by atoms with E-state index in [-0.39, 0.29) is 11.9 Å². The SMILES string of the molecule is CCN1CCCC1C(=O)Nc1ccccc1C=O. The van der Waals surface area contributed by atoms with E-state index in [0.717, 1.165) is 32.2 Å². The van der Waals surface area contributed by atoms with Crippen molar-refractivity contribution in [2.24, 2.45) is 0 Å². The van der Waals surface area contributed by atoms with Crippen LogP contribution in [0.2, 0.25) is 0 Å². The van der Waals surface area contributed by atoms with Gasteiger partial charge in [-0.2, -0.15) is 0 Å². The van der Waals surface area contributed by atoms with E-state index in [1.165, 1.54) is 0 Å². The Balaban J connectivity index is 2.09. The molecule has 1 aromatic rings. The molecule has 1 atom stereocenters. The fraction of sp³-hybridized carbons (Fsp3) is 0.429. The molecule has 0 radical (unpaired) electrons. The second-order valence-electron chi connectivity index (χ2n) is 4.48. The number of nitrogens with one attached hydrogen (secondary N) is 1. The molecule has 4 nitrogen and oxygen atoms in total.